The molecule has 0 radical (unpaired) electrons. The largest absolute Gasteiger partial charge is 0.264 e. The van der Waals surface area contributed by atoms with Crippen LogP contribution in [0, 0.1) is 5.82 Å². The van der Waals surface area contributed by atoms with Gasteiger partial charge in [-0.1, -0.05) is 29.8 Å². The molecule has 24 heavy (non-hydrogen) atoms. The molecular weight excluding hydrogens is 349 g/mol. The second kappa shape index (κ2) is 6.34. The lowest BCUT2D eigenvalue weighted by Gasteiger charge is -2.14. The number of sulfone groups is 1. The topological polar surface area (TPSA) is 47.0 Å². The lowest BCUT2D eigenvalue weighted by Crippen LogP contribution is -1.99. The highest BCUT2D eigenvalue weighted by Gasteiger charge is 2.18. The van der Waals surface area contributed by atoms with Crippen LogP contribution < -0.4 is 0 Å². The minimum absolute atomic E-state index is 0.111. The maximum absolute atomic E-state index is 13.2. The lowest BCUT2D eigenvalue weighted by atomic mass is 9.95. The molecular formula is C18H13ClFNO2S. The number of nitrogens with zero attached hydrogens (tertiary/aromatic N) is 1. The summed E-state index contributed by atoms with van der Waals surface area (Å²) < 4.78 is 37.1. The molecule has 1 heterocycles. The third-order valence-electron chi connectivity index (χ3n) is 3.60. The molecule has 0 bridgehead atoms. The summed E-state index contributed by atoms with van der Waals surface area (Å²) in [5, 5.41) is 0.297. The van der Waals surface area contributed by atoms with Gasteiger partial charge in [-0.25, -0.2) is 12.8 Å². The number of rotatable bonds is 3. The van der Waals surface area contributed by atoms with E-state index >= 15 is 0 Å². The predicted molar refractivity (Wildman–Crippen MR) is 93.2 cm³/mol. The van der Waals surface area contributed by atoms with Gasteiger partial charge in [0.05, 0.1) is 9.92 Å². The minimum Gasteiger partial charge on any atom is -0.264 e. The van der Waals surface area contributed by atoms with Crippen molar-refractivity contribution in [2.75, 3.05) is 6.26 Å². The first kappa shape index (κ1) is 16.6. The average Bonchev–Trinajstić information content (AvgIpc) is 2.55. The smallest absolute Gasteiger partial charge is 0.175 e. The Morgan fingerprint density at radius 3 is 2.33 bits per heavy atom. The van der Waals surface area contributed by atoms with Crippen molar-refractivity contribution in [2.45, 2.75) is 4.90 Å². The van der Waals surface area contributed by atoms with Gasteiger partial charge in [-0.15, -0.1) is 0 Å². The molecule has 0 fully saturated rings. The molecule has 0 aliphatic rings. The summed E-state index contributed by atoms with van der Waals surface area (Å²) >= 11 is 6.39. The van der Waals surface area contributed by atoms with Crippen LogP contribution in [0.25, 0.3) is 22.3 Å². The van der Waals surface area contributed by atoms with E-state index < -0.39 is 9.84 Å². The van der Waals surface area contributed by atoms with Crippen molar-refractivity contribution < 1.29 is 12.8 Å². The summed E-state index contributed by atoms with van der Waals surface area (Å²) in [5.74, 6) is -0.368. The maximum atomic E-state index is 13.2. The van der Waals surface area contributed by atoms with Gasteiger partial charge in [0.15, 0.2) is 9.84 Å². The van der Waals surface area contributed by atoms with Crippen molar-refractivity contribution >= 4 is 21.4 Å². The van der Waals surface area contributed by atoms with E-state index in [1.54, 1.807) is 36.7 Å². The Kier molecular flexibility index (Phi) is 4.39. The summed E-state index contributed by atoms with van der Waals surface area (Å²) in [7, 11) is -3.44. The van der Waals surface area contributed by atoms with Gasteiger partial charge in [0, 0.05) is 29.8 Å². The molecule has 2 aromatic carbocycles. The van der Waals surface area contributed by atoms with Crippen LogP contribution in [-0.4, -0.2) is 19.7 Å². The van der Waals surface area contributed by atoms with Gasteiger partial charge in [0.25, 0.3) is 0 Å². The summed E-state index contributed by atoms with van der Waals surface area (Å²) in [6.07, 6.45) is 4.41. The van der Waals surface area contributed by atoms with Gasteiger partial charge in [0.2, 0.25) is 0 Å². The highest BCUT2D eigenvalue weighted by molar-refractivity contribution is 7.90. The number of hydrogen-bond acceptors (Lipinski definition) is 3. The predicted octanol–water partition coefficient (Wildman–Crippen LogP) is 4.61. The van der Waals surface area contributed by atoms with E-state index in [1.807, 2.05) is 6.07 Å². The van der Waals surface area contributed by atoms with E-state index in [4.69, 9.17) is 11.6 Å². The van der Waals surface area contributed by atoms with Crippen LogP contribution in [-0.2, 0) is 9.84 Å². The second-order valence-corrected chi connectivity index (χ2v) is 7.77. The highest BCUT2D eigenvalue weighted by atomic mass is 35.5. The Balaban J connectivity index is 2.34. The molecule has 0 atom stereocenters. The van der Waals surface area contributed by atoms with Crippen LogP contribution in [0.3, 0.4) is 0 Å². The molecule has 3 aromatic rings. The first-order valence-electron chi connectivity index (χ1n) is 7.06. The number of aromatic nitrogens is 1. The van der Waals surface area contributed by atoms with E-state index in [-0.39, 0.29) is 10.7 Å². The Bertz CT molecular complexity index is 988. The number of halogens is 2. The molecule has 0 aliphatic heterocycles. The van der Waals surface area contributed by atoms with Gasteiger partial charge in [-0.3, -0.25) is 4.98 Å². The normalized spacial score (nSPS) is 11.5. The van der Waals surface area contributed by atoms with Gasteiger partial charge in [-0.2, -0.15) is 0 Å². The van der Waals surface area contributed by atoms with Crippen LogP contribution in [0.4, 0.5) is 4.39 Å². The van der Waals surface area contributed by atoms with Crippen molar-refractivity contribution in [1.29, 1.82) is 0 Å². The lowest BCUT2D eigenvalue weighted by molar-refractivity contribution is 0.602. The SMILES string of the molecule is CS(=O)(=O)c1cc(Cl)c(-c2cccnc2)c(-c2ccc(F)cc2)c1. The summed E-state index contributed by atoms with van der Waals surface area (Å²) in [5.41, 5.74) is 2.68. The first-order chi connectivity index (χ1) is 11.4. The van der Waals surface area contributed by atoms with E-state index in [0.717, 1.165) is 11.8 Å². The third-order valence-corrected chi connectivity index (χ3v) is 4.99. The zero-order chi connectivity index (χ0) is 17.3. The van der Waals surface area contributed by atoms with E-state index in [1.165, 1.54) is 18.2 Å². The molecule has 122 valence electrons. The van der Waals surface area contributed by atoms with Gasteiger partial charge >= 0.3 is 0 Å². The van der Waals surface area contributed by atoms with Crippen LogP contribution >= 0.6 is 11.6 Å². The first-order valence-corrected chi connectivity index (χ1v) is 9.33. The van der Waals surface area contributed by atoms with Gasteiger partial charge in [0.1, 0.15) is 5.82 Å². The fourth-order valence-electron chi connectivity index (χ4n) is 2.46. The molecule has 0 spiro atoms. The van der Waals surface area contributed by atoms with Gasteiger partial charge in [-0.05, 0) is 41.5 Å². The quantitative estimate of drug-likeness (QED) is 0.684. The van der Waals surface area contributed by atoms with Crippen LogP contribution in [0.15, 0.2) is 65.8 Å². The summed E-state index contributed by atoms with van der Waals surface area (Å²) in [4.78, 5) is 4.20. The number of hydrogen-bond donors (Lipinski definition) is 0. The molecule has 0 saturated carbocycles. The Morgan fingerprint density at radius 1 is 1.04 bits per heavy atom. The molecule has 3 nitrogen and oxygen atoms in total. The fourth-order valence-corrected chi connectivity index (χ4v) is 3.51. The molecule has 0 amide bonds. The fraction of sp³-hybridized carbons (Fsp3) is 0.0556. The van der Waals surface area contributed by atoms with Crippen LogP contribution in [0.2, 0.25) is 5.02 Å². The summed E-state index contributed by atoms with van der Waals surface area (Å²) in [6.45, 7) is 0. The minimum atomic E-state index is -3.44. The Hall–Kier alpha value is -2.24. The standard InChI is InChI=1S/C18H13ClFNO2S/c1-24(22,23)15-9-16(12-4-6-14(20)7-5-12)18(17(19)10-15)13-3-2-8-21-11-13/h2-11H,1H3. The monoisotopic (exact) mass is 361 g/mol. The molecule has 1 aromatic heterocycles. The zero-order valence-corrected chi connectivity index (χ0v) is 14.3. The molecule has 0 saturated heterocycles. The van der Waals surface area contributed by atoms with Crippen molar-refractivity contribution in [1.82, 2.24) is 4.98 Å². The average molecular weight is 362 g/mol. The van der Waals surface area contributed by atoms with E-state index in [0.29, 0.717) is 21.7 Å². The second-order valence-electron chi connectivity index (χ2n) is 5.35. The summed E-state index contributed by atoms with van der Waals surface area (Å²) in [6, 6.07) is 12.4. The van der Waals surface area contributed by atoms with Crippen LogP contribution in [0.5, 0.6) is 0 Å². The molecule has 0 unspecified atom stereocenters. The van der Waals surface area contributed by atoms with Crippen molar-refractivity contribution in [3.05, 3.63) is 71.8 Å². The highest BCUT2D eigenvalue weighted by Crippen LogP contribution is 2.39. The number of pyridine rings is 1. The number of benzene rings is 2. The van der Waals surface area contributed by atoms with Crippen molar-refractivity contribution in [3.8, 4) is 22.3 Å². The van der Waals surface area contributed by atoms with Crippen molar-refractivity contribution in [2.24, 2.45) is 0 Å². The van der Waals surface area contributed by atoms with E-state index in [2.05, 4.69) is 4.98 Å². The maximum Gasteiger partial charge on any atom is 0.175 e. The van der Waals surface area contributed by atoms with Crippen molar-refractivity contribution in [3.63, 3.8) is 0 Å². The Labute approximate surface area is 144 Å². The molecule has 0 aliphatic carbocycles. The van der Waals surface area contributed by atoms with E-state index in [9.17, 15) is 12.8 Å². The Morgan fingerprint density at radius 2 is 1.75 bits per heavy atom. The molecule has 0 N–H and O–H groups in total. The van der Waals surface area contributed by atoms with Crippen LogP contribution in [0.1, 0.15) is 0 Å². The third kappa shape index (κ3) is 3.32. The zero-order valence-electron chi connectivity index (χ0n) is 12.7. The molecule has 6 heteroatoms. The molecule has 3 rings (SSSR count). The van der Waals surface area contributed by atoms with Gasteiger partial charge < -0.3 is 0 Å².